The molecule has 0 saturated heterocycles. The first kappa shape index (κ1) is 13.4. The van der Waals surface area contributed by atoms with Crippen LogP contribution in [0.15, 0.2) is 17.0 Å². The van der Waals surface area contributed by atoms with E-state index >= 15 is 0 Å². The molecule has 2 N–H and O–H groups in total. The molecule has 1 aliphatic rings. The predicted molar refractivity (Wildman–Crippen MR) is 72.9 cm³/mol. The van der Waals surface area contributed by atoms with E-state index in [1.807, 2.05) is 13.8 Å². The van der Waals surface area contributed by atoms with E-state index in [9.17, 15) is 8.42 Å². The van der Waals surface area contributed by atoms with Crippen molar-refractivity contribution in [2.45, 2.75) is 44.0 Å². The van der Waals surface area contributed by atoms with E-state index < -0.39 is 10.0 Å². The summed E-state index contributed by atoms with van der Waals surface area (Å²) in [6, 6.07) is 3.51. The van der Waals surface area contributed by atoms with Crippen LogP contribution < -0.4 is 5.73 Å². The highest BCUT2D eigenvalue weighted by Gasteiger charge is 2.32. The average molecular weight is 268 g/mol. The molecular weight excluding hydrogens is 248 g/mol. The first-order valence-electron chi connectivity index (χ1n) is 6.19. The van der Waals surface area contributed by atoms with Crippen LogP contribution in [-0.4, -0.2) is 25.8 Å². The van der Waals surface area contributed by atoms with Crippen LogP contribution in [0.4, 0.5) is 5.69 Å². The van der Waals surface area contributed by atoms with Crippen molar-refractivity contribution < 1.29 is 8.42 Å². The van der Waals surface area contributed by atoms with E-state index in [-0.39, 0.29) is 6.04 Å². The van der Waals surface area contributed by atoms with Crippen LogP contribution in [0.25, 0.3) is 0 Å². The Labute approximate surface area is 109 Å². The minimum absolute atomic E-state index is 0.149. The lowest BCUT2D eigenvalue weighted by Gasteiger charge is -2.34. The standard InChI is InChI=1S/C13H20N2O2S/c1-9-7-11(14)8-13(10(9)2)18(16,17)15(3)12-5-4-6-12/h7-8,12H,4-6,14H2,1-3H3. The molecule has 1 fully saturated rings. The second-order valence-electron chi connectivity index (χ2n) is 5.07. The Hall–Kier alpha value is -1.07. The first-order chi connectivity index (χ1) is 8.34. The maximum atomic E-state index is 12.6. The third-order valence-electron chi connectivity index (χ3n) is 3.89. The van der Waals surface area contributed by atoms with Gasteiger partial charge in [-0.1, -0.05) is 6.42 Å². The van der Waals surface area contributed by atoms with Crippen molar-refractivity contribution in [3.05, 3.63) is 23.3 Å². The molecule has 0 spiro atoms. The van der Waals surface area contributed by atoms with E-state index in [0.717, 1.165) is 30.4 Å². The number of nitrogen functional groups attached to an aromatic ring is 1. The number of hydrogen-bond donors (Lipinski definition) is 1. The molecule has 0 aliphatic heterocycles. The zero-order valence-corrected chi connectivity index (χ0v) is 11.9. The molecule has 1 aromatic rings. The molecule has 1 aliphatic carbocycles. The summed E-state index contributed by atoms with van der Waals surface area (Å²) in [6.07, 6.45) is 3.02. The first-order valence-corrected chi connectivity index (χ1v) is 7.63. The monoisotopic (exact) mass is 268 g/mol. The lowest BCUT2D eigenvalue weighted by atomic mass is 9.94. The van der Waals surface area contributed by atoms with E-state index in [4.69, 9.17) is 5.73 Å². The number of nitrogens with two attached hydrogens (primary N) is 1. The van der Waals surface area contributed by atoms with Gasteiger partial charge in [0.05, 0.1) is 4.90 Å². The van der Waals surface area contributed by atoms with Crippen LogP contribution in [0.5, 0.6) is 0 Å². The third kappa shape index (κ3) is 2.12. The van der Waals surface area contributed by atoms with Crippen molar-refractivity contribution in [2.75, 3.05) is 12.8 Å². The number of benzene rings is 1. The largest absolute Gasteiger partial charge is 0.399 e. The fraction of sp³-hybridized carbons (Fsp3) is 0.538. The SMILES string of the molecule is Cc1cc(N)cc(S(=O)(=O)N(C)C2CCC2)c1C. The van der Waals surface area contributed by atoms with Gasteiger partial charge in [0.15, 0.2) is 0 Å². The number of hydrogen-bond acceptors (Lipinski definition) is 3. The lowest BCUT2D eigenvalue weighted by molar-refractivity contribution is 0.249. The highest BCUT2D eigenvalue weighted by molar-refractivity contribution is 7.89. The fourth-order valence-corrected chi connectivity index (χ4v) is 3.97. The summed E-state index contributed by atoms with van der Waals surface area (Å²) >= 11 is 0. The maximum absolute atomic E-state index is 12.6. The van der Waals surface area contributed by atoms with Crippen molar-refractivity contribution in [3.8, 4) is 0 Å². The summed E-state index contributed by atoms with van der Waals surface area (Å²) in [5.74, 6) is 0. The third-order valence-corrected chi connectivity index (χ3v) is 5.92. The summed E-state index contributed by atoms with van der Waals surface area (Å²) in [5, 5.41) is 0. The second-order valence-corrected chi connectivity index (χ2v) is 7.03. The van der Waals surface area contributed by atoms with Gasteiger partial charge in [0.1, 0.15) is 0 Å². The van der Waals surface area contributed by atoms with Gasteiger partial charge in [-0.15, -0.1) is 0 Å². The zero-order chi connectivity index (χ0) is 13.5. The van der Waals surface area contributed by atoms with Gasteiger partial charge < -0.3 is 5.73 Å². The second kappa shape index (κ2) is 4.55. The maximum Gasteiger partial charge on any atom is 0.243 e. The van der Waals surface area contributed by atoms with Crippen LogP contribution in [-0.2, 0) is 10.0 Å². The van der Waals surface area contributed by atoms with Crippen molar-refractivity contribution in [1.82, 2.24) is 4.31 Å². The summed E-state index contributed by atoms with van der Waals surface area (Å²) in [6.45, 7) is 3.71. The Kier molecular flexibility index (Phi) is 3.38. The summed E-state index contributed by atoms with van der Waals surface area (Å²) in [7, 11) is -1.76. The Bertz CT molecular complexity index is 563. The van der Waals surface area contributed by atoms with E-state index in [1.165, 1.54) is 4.31 Å². The van der Waals surface area contributed by atoms with Crippen LogP contribution in [0.3, 0.4) is 0 Å². The van der Waals surface area contributed by atoms with Crippen LogP contribution in [0, 0.1) is 13.8 Å². The van der Waals surface area contributed by atoms with Gasteiger partial charge in [0.2, 0.25) is 10.0 Å². The van der Waals surface area contributed by atoms with Crippen molar-refractivity contribution in [3.63, 3.8) is 0 Å². The molecule has 5 heteroatoms. The molecule has 0 unspecified atom stereocenters. The number of rotatable bonds is 3. The molecule has 0 heterocycles. The molecule has 1 saturated carbocycles. The Morgan fingerprint density at radius 2 is 1.89 bits per heavy atom. The minimum atomic E-state index is -3.42. The highest BCUT2D eigenvalue weighted by Crippen LogP contribution is 2.31. The van der Waals surface area contributed by atoms with Gasteiger partial charge in [-0.2, -0.15) is 4.31 Å². The van der Waals surface area contributed by atoms with Gasteiger partial charge in [-0.3, -0.25) is 0 Å². The van der Waals surface area contributed by atoms with E-state index in [0.29, 0.717) is 10.6 Å². The average Bonchev–Trinajstić information content (AvgIpc) is 2.20. The summed E-state index contributed by atoms with van der Waals surface area (Å²) in [4.78, 5) is 0.342. The highest BCUT2D eigenvalue weighted by atomic mass is 32.2. The number of nitrogens with zero attached hydrogens (tertiary/aromatic N) is 1. The summed E-state index contributed by atoms with van der Waals surface area (Å²) < 4.78 is 26.6. The topological polar surface area (TPSA) is 63.4 Å². The smallest absolute Gasteiger partial charge is 0.243 e. The Morgan fingerprint density at radius 1 is 1.28 bits per heavy atom. The number of aryl methyl sites for hydroxylation is 1. The van der Waals surface area contributed by atoms with Crippen molar-refractivity contribution in [1.29, 1.82) is 0 Å². The molecule has 100 valence electrons. The summed E-state index contributed by atoms with van der Waals surface area (Å²) in [5.41, 5.74) is 7.96. The number of anilines is 1. The molecule has 1 aromatic carbocycles. The van der Waals surface area contributed by atoms with Gasteiger partial charge in [-0.25, -0.2) is 8.42 Å². The molecule has 0 bridgehead atoms. The Morgan fingerprint density at radius 3 is 2.39 bits per heavy atom. The lowest BCUT2D eigenvalue weighted by Crippen LogP contribution is -2.41. The molecule has 0 radical (unpaired) electrons. The quantitative estimate of drug-likeness (QED) is 0.853. The minimum Gasteiger partial charge on any atom is -0.399 e. The van der Waals surface area contributed by atoms with E-state index in [1.54, 1.807) is 19.2 Å². The molecule has 18 heavy (non-hydrogen) atoms. The molecule has 0 aromatic heterocycles. The van der Waals surface area contributed by atoms with E-state index in [2.05, 4.69) is 0 Å². The normalized spacial score (nSPS) is 16.9. The van der Waals surface area contributed by atoms with Crippen LogP contribution in [0.2, 0.25) is 0 Å². The van der Waals surface area contributed by atoms with Crippen molar-refractivity contribution >= 4 is 15.7 Å². The van der Waals surface area contributed by atoms with Gasteiger partial charge in [-0.05, 0) is 49.9 Å². The van der Waals surface area contributed by atoms with Crippen molar-refractivity contribution in [2.24, 2.45) is 0 Å². The molecular formula is C13H20N2O2S. The molecule has 0 amide bonds. The van der Waals surface area contributed by atoms with Gasteiger partial charge in [0, 0.05) is 18.8 Å². The van der Waals surface area contributed by atoms with Gasteiger partial charge >= 0.3 is 0 Å². The van der Waals surface area contributed by atoms with Crippen LogP contribution in [0.1, 0.15) is 30.4 Å². The van der Waals surface area contributed by atoms with Crippen LogP contribution >= 0.6 is 0 Å². The molecule has 0 atom stereocenters. The molecule has 4 nitrogen and oxygen atoms in total. The Balaban J connectivity index is 2.46. The zero-order valence-electron chi connectivity index (χ0n) is 11.1. The number of sulfonamides is 1. The molecule has 2 rings (SSSR count). The fourth-order valence-electron chi connectivity index (χ4n) is 2.22. The van der Waals surface area contributed by atoms with Gasteiger partial charge in [0.25, 0.3) is 0 Å². The predicted octanol–water partition coefficient (Wildman–Crippen LogP) is 2.06.